The highest BCUT2D eigenvalue weighted by Crippen LogP contribution is 2.14. The van der Waals surface area contributed by atoms with Gasteiger partial charge in [0.2, 0.25) is 5.91 Å². The molecule has 2 aromatic heterocycles. The molecule has 1 aromatic carbocycles. The van der Waals surface area contributed by atoms with Gasteiger partial charge in [-0.25, -0.2) is 4.98 Å². The molecule has 1 N–H and O–H groups in total. The second kappa shape index (κ2) is 7.40. The molecule has 0 aliphatic rings. The van der Waals surface area contributed by atoms with Crippen molar-refractivity contribution in [3.8, 4) is 0 Å². The lowest BCUT2D eigenvalue weighted by molar-refractivity contribution is -0.116. The molecule has 7 heteroatoms. The predicted molar refractivity (Wildman–Crippen MR) is 98.2 cm³/mol. The standard InChI is InChI=1S/C18H17N3O3S/c1-2-3-16(23)20-13-6-4-12(5-7-13)15(22)10-21-11-19-17-14(18(21)24)8-9-25-17/h4-9,11H,2-3,10H2,1H3,(H,20,23). The van der Waals surface area contributed by atoms with Crippen LogP contribution >= 0.6 is 11.3 Å². The molecule has 0 unspecified atom stereocenters. The third kappa shape index (κ3) is 3.83. The smallest absolute Gasteiger partial charge is 0.262 e. The maximum atomic E-state index is 12.4. The number of fused-ring (bicyclic) bond motifs is 1. The van der Waals surface area contributed by atoms with E-state index in [0.717, 1.165) is 6.42 Å². The molecule has 0 radical (unpaired) electrons. The average Bonchev–Trinajstić information content (AvgIpc) is 3.07. The Morgan fingerprint density at radius 2 is 1.96 bits per heavy atom. The Balaban J connectivity index is 1.73. The Morgan fingerprint density at radius 1 is 1.20 bits per heavy atom. The minimum absolute atomic E-state index is 0.0525. The summed E-state index contributed by atoms with van der Waals surface area (Å²) in [6, 6.07) is 8.37. The fourth-order valence-electron chi connectivity index (χ4n) is 2.44. The summed E-state index contributed by atoms with van der Waals surface area (Å²) < 4.78 is 1.31. The number of rotatable bonds is 6. The van der Waals surface area contributed by atoms with Crippen LogP contribution in [0, 0.1) is 0 Å². The topological polar surface area (TPSA) is 81.1 Å². The Bertz CT molecular complexity index is 973. The fraction of sp³-hybridized carbons (Fsp3) is 0.222. The lowest BCUT2D eigenvalue weighted by atomic mass is 10.1. The molecule has 0 aliphatic heterocycles. The van der Waals surface area contributed by atoms with Crippen LogP contribution in [-0.2, 0) is 11.3 Å². The number of aromatic nitrogens is 2. The van der Waals surface area contributed by atoms with Gasteiger partial charge >= 0.3 is 0 Å². The van der Waals surface area contributed by atoms with E-state index in [1.54, 1.807) is 35.7 Å². The van der Waals surface area contributed by atoms with E-state index in [9.17, 15) is 14.4 Å². The van der Waals surface area contributed by atoms with E-state index in [1.165, 1.54) is 22.2 Å². The Morgan fingerprint density at radius 3 is 2.68 bits per heavy atom. The van der Waals surface area contributed by atoms with Gasteiger partial charge in [0.15, 0.2) is 5.78 Å². The van der Waals surface area contributed by atoms with Gasteiger partial charge in [-0.3, -0.25) is 19.0 Å². The number of nitrogens with zero attached hydrogens (tertiary/aromatic N) is 2. The van der Waals surface area contributed by atoms with Crippen molar-refractivity contribution in [2.75, 3.05) is 5.32 Å². The van der Waals surface area contributed by atoms with Gasteiger partial charge in [-0.15, -0.1) is 11.3 Å². The highest BCUT2D eigenvalue weighted by molar-refractivity contribution is 7.16. The van der Waals surface area contributed by atoms with Gasteiger partial charge in [0, 0.05) is 17.7 Å². The van der Waals surface area contributed by atoms with Crippen molar-refractivity contribution < 1.29 is 9.59 Å². The number of hydrogen-bond acceptors (Lipinski definition) is 5. The second-order valence-electron chi connectivity index (χ2n) is 5.62. The van der Waals surface area contributed by atoms with Gasteiger partial charge in [0.05, 0.1) is 18.3 Å². The van der Waals surface area contributed by atoms with Gasteiger partial charge in [-0.1, -0.05) is 6.92 Å². The monoisotopic (exact) mass is 355 g/mol. The van der Waals surface area contributed by atoms with Crippen molar-refractivity contribution >= 4 is 38.9 Å². The third-order valence-electron chi connectivity index (χ3n) is 3.73. The highest BCUT2D eigenvalue weighted by atomic mass is 32.1. The van der Waals surface area contributed by atoms with Crippen molar-refractivity contribution in [2.45, 2.75) is 26.3 Å². The zero-order valence-electron chi connectivity index (χ0n) is 13.7. The number of carbonyl (C=O) groups is 2. The van der Waals surface area contributed by atoms with E-state index >= 15 is 0 Å². The summed E-state index contributed by atoms with van der Waals surface area (Å²) in [5.74, 6) is -0.242. The molecule has 0 saturated heterocycles. The summed E-state index contributed by atoms with van der Waals surface area (Å²) in [7, 11) is 0. The lowest BCUT2D eigenvalue weighted by Gasteiger charge is -2.07. The maximum Gasteiger partial charge on any atom is 0.262 e. The van der Waals surface area contributed by atoms with Crippen molar-refractivity contribution in [3.05, 3.63) is 58.0 Å². The van der Waals surface area contributed by atoms with Crippen LogP contribution < -0.4 is 10.9 Å². The number of thiophene rings is 1. The fourth-order valence-corrected chi connectivity index (χ4v) is 3.17. The summed E-state index contributed by atoms with van der Waals surface area (Å²) >= 11 is 1.39. The number of ketones is 1. The summed E-state index contributed by atoms with van der Waals surface area (Å²) in [6.45, 7) is 1.87. The minimum atomic E-state index is -0.219. The molecule has 0 bridgehead atoms. The van der Waals surface area contributed by atoms with Crippen LogP contribution in [0.3, 0.4) is 0 Å². The van der Waals surface area contributed by atoms with E-state index in [-0.39, 0.29) is 23.8 Å². The largest absolute Gasteiger partial charge is 0.326 e. The molecule has 25 heavy (non-hydrogen) atoms. The number of amides is 1. The molecule has 2 heterocycles. The van der Waals surface area contributed by atoms with Gasteiger partial charge in [0.1, 0.15) is 4.83 Å². The lowest BCUT2D eigenvalue weighted by Crippen LogP contribution is -2.24. The average molecular weight is 355 g/mol. The van der Waals surface area contributed by atoms with Crippen LogP contribution in [0.1, 0.15) is 30.1 Å². The first-order valence-corrected chi connectivity index (χ1v) is 8.82. The molecule has 0 fully saturated rings. The van der Waals surface area contributed by atoms with Crippen LogP contribution in [0.25, 0.3) is 10.2 Å². The first-order chi connectivity index (χ1) is 12.1. The number of Topliss-reactive ketones (excluding diaryl/α,β-unsaturated/α-hetero) is 1. The van der Waals surface area contributed by atoms with Crippen LogP contribution in [0.5, 0.6) is 0 Å². The maximum absolute atomic E-state index is 12.4. The molecule has 0 aliphatic carbocycles. The third-order valence-corrected chi connectivity index (χ3v) is 4.55. The van der Waals surface area contributed by atoms with E-state index in [2.05, 4.69) is 10.3 Å². The number of hydrogen-bond donors (Lipinski definition) is 1. The molecule has 6 nitrogen and oxygen atoms in total. The normalized spacial score (nSPS) is 10.8. The van der Waals surface area contributed by atoms with Crippen molar-refractivity contribution in [2.24, 2.45) is 0 Å². The Hall–Kier alpha value is -2.80. The molecule has 1 amide bonds. The zero-order valence-corrected chi connectivity index (χ0v) is 14.5. The van der Waals surface area contributed by atoms with Crippen molar-refractivity contribution in [1.82, 2.24) is 9.55 Å². The van der Waals surface area contributed by atoms with E-state index in [0.29, 0.717) is 27.9 Å². The molecule has 0 atom stereocenters. The van der Waals surface area contributed by atoms with Crippen LogP contribution in [0.4, 0.5) is 5.69 Å². The Labute approximate surface area is 148 Å². The summed E-state index contributed by atoms with van der Waals surface area (Å²) in [5, 5.41) is 5.10. The molecule has 3 rings (SSSR count). The van der Waals surface area contributed by atoms with Gasteiger partial charge in [-0.05, 0) is 42.1 Å². The Kier molecular flexibility index (Phi) is 5.04. The van der Waals surface area contributed by atoms with Gasteiger partial charge in [-0.2, -0.15) is 0 Å². The van der Waals surface area contributed by atoms with Crippen LogP contribution in [-0.4, -0.2) is 21.2 Å². The molecule has 3 aromatic rings. The van der Waals surface area contributed by atoms with Gasteiger partial charge in [0.25, 0.3) is 5.56 Å². The van der Waals surface area contributed by atoms with Crippen LogP contribution in [0.2, 0.25) is 0 Å². The molecule has 128 valence electrons. The second-order valence-corrected chi connectivity index (χ2v) is 6.51. The summed E-state index contributed by atoms with van der Waals surface area (Å²) in [4.78, 5) is 41.2. The summed E-state index contributed by atoms with van der Waals surface area (Å²) in [6.07, 6.45) is 2.64. The molecular formula is C18H17N3O3S. The van der Waals surface area contributed by atoms with Crippen molar-refractivity contribution in [3.63, 3.8) is 0 Å². The molecular weight excluding hydrogens is 338 g/mol. The van der Waals surface area contributed by atoms with Gasteiger partial charge < -0.3 is 5.32 Å². The summed E-state index contributed by atoms with van der Waals surface area (Å²) in [5.41, 5.74) is 0.905. The van der Waals surface area contributed by atoms with Crippen LogP contribution in [0.15, 0.2) is 46.8 Å². The zero-order chi connectivity index (χ0) is 17.8. The first-order valence-electron chi connectivity index (χ1n) is 7.94. The first kappa shape index (κ1) is 17.0. The minimum Gasteiger partial charge on any atom is -0.326 e. The molecule has 0 spiro atoms. The highest BCUT2D eigenvalue weighted by Gasteiger charge is 2.11. The number of benzene rings is 1. The SMILES string of the molecule is CCCC(=O)Nc1ccc(C(=O)Cn2cnc3sccc3c2=O)cc1. The quantitative estimate of drug-likeness (QED) is 0.689. The number of carbonyl (C=O) groups excluding carboxylic acids is 2. The van der Waals surface area contributed by atoms with E-state index in [4.69, 9.17) is 0 Å². The van der Waals surface area contributed by atoms with Crippen molar-refractivity contribution in [1.29, 1.82) is 0 Å². The molecule has 0 saturated carbocycles. The number of anilines is 1. The van der Waals surface area contributed by atoms with E-state index < -0.39 is 0 Å². The number of nitrogens with one attached hydrogen (secondary N) is 1. The van der Waals surface area contributed by atoms with E-state index in [1.807, 2.05) is 6.92 Å². The predicted octanol–water partition coefficient (Wildman–Crippen LogP) is 3.08.